The van der Waals surface area contributed by atoms with Crippen LogP contribution < -0.4 is 4.90 Å². The Balaban J connectivity index is 1.54. The summed E-state index contributed by atoms with van der Waals surface area (Å²) >= 11 is 0. The first-order valence-corrected chi connectivity index (χ1v) is 11.9. The number of hydrogen-bond acceptors (Lipinski definition) is 5. The van der Waals surface area contributed by atoms with Gasteiger partial charge < -0.3 is 9.88 Å². The van der Waals surface area contributed by atoms with E-state index in [1.165, 1.54) is 0 Å². The third kappa shape index (κ3) is 3.68. The zero-order valence-electron chi connectivity index (χ0n) is 18.5. The number of hydrogen-bond donors (Lipinski definition) is 1. The van der Waals surface area contributed by atoms with Crippen LogP contribution in [0.3, 0.4) is 0 Å². The molecule has 0 atom stereocenters. The minimum Gasteiger partial charge on any atom is -0.378 e. The summed E-state index contributed by atoms with van der Waals surface area (Å²) < 4.78 is 27.2. The number of anilines is 1. The van der Waals surface area contributed by atoms with E-state index >= 15 is 0 Å². The van der Waals surface area contributed by atoms with Crippen molar-refractivity contribution in [2.24, 2.45) is 0 Å². The molecule has 0 aliphatic heterocycles. The standard InChI is InChI=1S/C25H23N5O2S/c1-17-6-4-5-7-24(17)33(31,32)30-16-20(14-28-30)23-15-27-25-22(23)12-19(13-26-25)18-8-10-21(11-9-18)29(2)3/h4-16H,1-3H3,(H,26,27). The molecule has 0 bridgehead atoms. The number of H-pyrrole nitrogens is 1. The summed E-state index contributed by atoms with van der Waals surface area (Å²) in [6.45, 7) is 1.77. The molecule has 1 N–H and O–H groups in total. The maximum atomic E-state index is 13.1. The van der Waals surface area contributed by atoms with Gasteiger partial charge in [0.05, 0.1) is 17.3 Å². The fourth-order valence-electron chi connectivity index (χ4n) is 3.87. The van der Waals surface area contributed by atoms with Gasteiger partial charge in [0.25, 0.3) is 10.0 Å². The molecule has 2 aromatic carbocycles. The van der Waals surface area contributed by atoms with Crippen molar-refractivity contribution in [1.82, 2.24) is 19.2 Å². The van der Waals surface area contributed by atoms with Crippen LogP contribution in [0.4, 0.5) is 5.69 Å². The van der Waals surface area contributed by atoms with E-state index in [4.69, 9.17) is 0 Å². The van der Waals surface area contributed by atoms with Gasteiger partial charge in [-0.3, -0.25) is 0 Å². The van der Waals surface area contributed by atoms with Crippen LogP contribution in [0.15, 0.2) is 84.3 Å². The van der Waals surface area contributed by atoms with Crippen LogP contribution in [-0.4, -0.2) is 41.7 Å². The van der Waals surface area contributed by atoms with Crippen molar-refractivity contribution in [1.29, 1.82) is 0 Å². The van der Waals surface area contributed by atoms with Crippen molar-refractivity contribution in [3.05, 3.63) is 84.9 Å². The lowest BCUT2D eigenvalue weighted by molar-refractivity contribution is 0.579. The lowest BCUT2D eigenvalue weighted by Gasteiger charge is -2.12. The van der Waals surface area contributed by atoms with Gasteiger partial charge in [-0.05, 0) is 42.3 Å². The van der Waals surface area contributed by atoms with Gasteiger partial charge in [0.2, 0.25) is 0 Å². The number of aromatic amines is 1. The molecule has 0 spiro atoms. The van der Waals surface area contributed by atoms with Gasteiger partial charge in [-0.2, -0.15) is 17.6 Å². The highest BCUT2D eigenvalue weighted by Gasteiger charge is 2.21. The second-order valence-electron chi connectivity index (χ2n) is 8.14. The Morgan fingerprint density at radius 1 is 0.939 bits per heavy atom. The average Bonchev–Trinajstić information content (AvgIpc) is 3.46. The third-order valence-corrected chi connectivity index (χ3v) is 7.44. The van der Waals surface area contributed by atoms with E-state index < -0.39 is 10.0 Å². The predicted octanol–water partition coefficient (Wildman–Crippen LogP) is 4.70. The smallest absolute Gasteiger partial charge is 0.283 e. The number of fused-ring (bicyclic) bond motifs is 1. The molecule has 0 aliphatic carbocycles. The minimum absolute atomic E-state index is 0.240. The Kier molecular flexibility index (Phi) is 5.02. The third-order valence-electron chi connectivity index (χ3n) is 5.74. The summed E-state index contributed by atoms with van der Waals surface area (Å²) in [5, 5.41) is 5.06. The van der Waals surface area contributed by atoms with Crippen molar-refractivity contribution in [2.45, 2.75) is 11.8 Å². The molecule has 0 unspecified atom stereocenters. The van der Waals surface area contributed by atoms with Crippen LogP contribution in [-0.2, 0) is 10.0 Å². The van der Waals surface area contributed by atoms with Crippen molar-refractivity contribution in [2.75, 3.05) is 19.0 Å². The monoisotopic (exact) mass is 457 g/mol. The highest BCUT2D eigenvalue weighted by molar-refractivity contribution is 7.89. The molecule has 3 aromatic heterocycles. The maximum Gasteiger partial charge on any atom is 0.283 e. The molecular formula is C25H23N5O2S. The quantitative estimate of drug-likeness (QED) is 0.413. The number of benzene rings is 2. The van der Waals surface area contributed by atoms with Gasteiger partial charge in [-0.25, -0.2) is 4.98 Å². The van der Waals surface area contributed by atoms with Crippen LogP contribution >= 0.6 is 0 Å². The average molecular weight is 458 g/mol. The molecule has 5 aromatic rings. The Morgan fingerprint density at radius 2 is 1.70 bits per heavy atom. The van der Waals surface area contributed by atoms with E-state index in [0.717, 1.165) is 37.5 Å². The number of rotatable bonds is 5. The Morgan fingerprint density at radius 3 is 2.42 bits per heavy atom. The lowest BCUT2D eigenvalue weighted by atomic mass is 10.0. The first-order chi connectivity index (χ1) is 15.8. The molecule has 0 saturated heterocycles. The second-order valence-corrected chi connectivity index (χ2v) is 9.90. The second kappa shape index (κ2) is 7.90. The zero-order chi connectivity index (χ0) is 23.2. The Hall–Kier alpha value is -3.91. The number of nitrogens with one attached hydrogen (secondary N) is 1. The van der Waals surface area contributed by atoms with E-state index in [9.17, 15) is 8.42 Å². The largest absolute Gasteiger partial charge is 0.378 e. The fraction of sp³-hybridized carbons (Fsp3) is 0.120. The molecule has 7 nitrogen and oxygen atoms in total. The lowest BCUT2D eigenvalue weighted by Crippen LogP contribution is -2.14. The van der Waals surface area contributed by atoms with Crippen LogP contribution in [0.1, 0.15) is 5.56 Å². The van der Waals surface area contributed by atoms with Gasteiger partial charge in [-0.1, -0.05) is 30.3 Å². The summed E-state index contributed by atoms with van der Waals surface area (Å²) in [4.78, 5) is 10.0. The normalized spacial score (nSPS) is 11.7. The zero-order valence-corrected chi connectivity index (χ0v) is 19.3. The summed E-state index contributed by atoms with van der Waals surface area (Å²) in [7, 11) is 0.236. The fourth-order valence-corrected chi connectivity index (χ4v) is 5.22. The van der Waals surface area contributed by atoms with E-state index in [0.29, 0.717) is 11.1 Å². The first-order valence-electron chi connectivity index (χ1n) is 10.5. The van der Waals surface area contributed by atoms with Gasteiger partial charge >= 0.3 is 0 Å². The van der Waals surface area contributed by atoms with E-state index in [-0.39, 0.29) is 4.90 Å². The van der Waals surface area contributed by atoms with Crippen LogP contribution in [0, 0.1) is 6.92 Å². The van der Waals surface area contributed by atoms with Crippen LogP contribution in [0.2, 0.25) is 0 Å². The summed E-state index contributed by atoms with van der Waals surface area (Å²) in [5.74, 6) is 0. The van der Waals surface area contributed by atoms with Gasteiger partial charge in [0.1, 0.15) is 5.65 Å². The summed E-state index contributed by atoms with van der Waals surface area (Å²) in [6.07, 6.45) is 6.78. The van der Waals surface area contributed by atoms with Crippen LogP contribution in [0.25, 0.3) is 33.3 Å². The maximum absolute atomic E-state index is 13.1. The van der Waals surface area contributed by atoms with E-state index in [1.807, 2.05) is 32.6 Å². The minimum atomic E-state index is -3.78. The summed E-state index contributed by atoms with van der Waals surface area (Å²) in [5.41, 5.74) is 6.10. The van der Waals surface area contributed by atoms with E-state index in [2.05, 4.69) is 50.3 Å². The van der Waals surface area contributed by atoms with E-state index in [1.54, 1.807) is 37.5 Å². The highest BCUT2D eigenvalue weighted by atomic mass is 32.2. The molecule has 8 heteroatoms. The number of aryl methyl sites for hydroxylation is 1. The molecule has 33 heavy (non-hydrogen) atoms. The molecule has 0 radical (unpaired) electrons. The molecule has 166 valence electrons. The molecule has 3 heterocycles. The summed E-state index contributed by atoms with van der Waals surface area (Å²) in [6, 6.07) is 17.2. The molecule has 0 aliphatic rings. The van der Waals surface area contributed by atoms with Crippen molar-refractivity contribution >= 4 is 26.7 Å². The number of nitrogens with zero attached hydrogens (tertiary/aromatic N) is 4. The molecular weight excluding hydrogens is 434 g/mol. The highest BCUT2D eigenvalue weighted by Crippen LogP contribution is 2.32. The predicted molar refractivity (Wildman–Crippen MR) is 131 cm³/mol. The molecule has 0 fully saturated rings. The Bertz CT molecular complexity index is 1560. The molecule has 0 saturated carbocycles. The molecule has 0 amide bonds. The van der Waals surface area contributed by atoms with Crippen molar-refractivity contribution in [3.8, 4) is 22.3 Å². The SMILES string of the molecule is Cc1ccccc1S(=O)(=O)n1cc(-c2c[nH]c3ncc(-c4ccc(N(C)C)cc4)cc23)cn1. The number of aromatic nitrogens is 4. The van der Waals surface area contributed by atoms with Crippen molar-refractivity contribution in [3.63, 3.8) is 0 Å². The van der Waals surface area contributed by atoms with Gasteiger partial charge in [-0.15, -0.1) is 0 Å². The topological polar surface area (TPSA) is 83.9 Å². The van der Waals surface area contributed by atoms with Crippen LogP contribution in [0.5, 0.6) is 0 Å². The van der Waals surface area contributed by atoms with Gasteiger partial charge in [0.15, 0.2) is 0 Å². The van der Waals surface area contributed by atoms with Gasteiger partial charge in [0, 0.05) is 54.3 Å². The Labute approximate surface area is 192 Å². The van der Waals surface area contributed by atoms with Crippen molar-refractivity contribution < 1.29 is 8.42 Å². The number of pyridine rings is 1. The first kappa shape index (κ1) is 21.0. The molecule has 5 rings (SSSR count).